The summed E-state index contributed by atoms with van der Waals surface area (Å²) in [5, 5.41) is 10.7. The molecular weight excluding hydrogens is 430 g/mol. The molecule has 4 N–H and O–H groups in total. The van der Waals surface area contributed by atoms with Crippen molar-refractivity contribution in [3.63, 3.8) is 0 Å². The van der Waals surface area contributed by atoms with Crippen molar-refractivity contribution in [1.29, 1.82) is 0 Å². The van der Waals surface area contributed by atoms with E-state index in [1.807, 2.05) is 25.3 Å². The van der Waals surface area contributed by atoms with E-state index < -0.39 is 10.0 Å². The summed E-state index contributed by atoms with van der Waals surface area (Å²) in [5.41, 5.74) is 3.80. The highest BCUT2D eigenvalue weighted by molar-refractivity contribution is 7.89. The van der Waals surface area contributed by atoms with Gasteiger partial charge in [0.25, 0.3) is 5.91 Å². The van der Waals surface area contributed by atoms with Crippen LogP contribution in [0, 0.1) is 13.8 Å². The maximum atomic E-state index is 12.6. The van der Waals surface area contributed by atoms with Crippen molar-refractivity contribution in [1.82, 2.24) is 20.0 Å². The number of aromatic nitrogens is 2. The van der Waals surface area contributed by atoms with Gasteiger partial charge in [-0.2, -0.15) is 0 Å². The fourth-order valence-electron chi connectivity index (χ4n) is 3.41. The maximum Gasteiger partial charge on any atom is 0.270 e. The van der Waals surface area contributed by atoms with Crippen LogP contribution >= 0.6 is 0 Å². The lowest BCUT2D eigenvalue weighted by Gasteiger charge is -2.08. The molecule has 0 radical (unpaired) electrons. The van der Waals surface area contributed by atoms with Crippen LogP contribution in [0.4, 0.5) is 0 Å². The van der Waals surface area contributed by atoms with Gasteiger partial charge in [0.1, 0.15) is 11.3 Å². The van der Waals surface area contributed by atoms with Crippen molar-refractivity contribution in [3.8, 4) is 0 Å². The molecule has 0 unspecified atom stereocenters. The highest BCUT2D eigenvalue weighted by Gasteiger charge is 2.17. The Hall–Kier alpha value is -3.24. The van der Waals surface area contributed by atoms with Crippen LogP contribution in [0.25, 0.3) is 5.65 Å². The number of hydrogen-bond acceptors (Lipinski definition) is 5. The van der Waals surface area contributed by atoms with E-state index >= 15 is 0 Å². The van der Waals surface area contributed by atoms with Gasteiger partial charge in [0.05, 0.1) is 10.6 Å². The number of carbonyl (C=O) groups excluding carboxylic acids is 2. The lowest BCUT2D eigenvalue weighted by Crippen LogP contribution is -2.29. The average molecular weight is 458 g/mol. The minimum atomic E-state index is -3.71. The number of hydrogen-bond donors (Lipinski definition) is 3. The highest BCUT2D eigenvalue weighted by Crippen LogP contribution is 2.15. The Bertz CT molecular complexity index is 1230. The van der Waals surface area contributed by atoms with Crippen molar-refractivity contribution in [3.05, 3.63) is 65.1 Å². The lowest BCUT2D eigenvalue weighted by molar-refractivity contribution is -0.121. The van der Waals surface area contributed by atoms with Crippen molar-refractivity contribution < 1.29 is 18.0 Å². The number of imidazole rings is 1. The monoisotopic (exact) mass is 457 g/mol. The van der Waals surface area contributed by atoms with Gasteiger partial charge in [0.2, 0.25) is 15.9 Å². The van der Waals surface area contributed by atoms with E-state index in [0.717, 1.165) is 16.8 Å². The van der Waals surface area contributed by atoms with E-state index in [9.17, 15) is 18.0 Å². The predicted molar refractivity (Wildman–Crippen MR) is 121 cm³/mol. The van der Waals surface area contributed by atoms with Gasteiger partial charge in [0.15, 0.2) is 0 Å². The number of primary sulfonamides is 1. The zero-order valence-electron chi connectivity index (χ0n) is 18.1. The number of sulfonamides is 1. The van der Waals surface area contributed by atoms with Crippen molar-refractivity contribution in [2.75, 3.05) is 13.1 Å². The number of nitrogens with one attached hydrogen (secondary N) is 2. The quantitative estimate of drug-likeness (QED) is 0.418. The van der Waals surface area contributed by atoms with Crippen LogP contribution in [0.2, 0.25) is 0 Å². The zero-order valence-corrected chi connectivity index (χ0v) is 18.9. The third-order valence-corrected chi connectivity index (χ3v) is 6.02. The van der Waals surface area contributed by atoms with Crippen molar-refractivity contribution in [2.45, 2.75) is 38.0 Å². The largest absolute Gasteiger partial charge is 0.356 e. The molecule has 2 aromatic heterocycles. The van der Waals surface area contributed by atoms with E-state index in [1.165, 1.54) is 12.1 Å². The van der Waals surface area contributed by atoms with Crippen LogP contribution in [0.1, 0.15) is 40.2 Å². The number of nitrogens with zero attached hydrogens (tertiary/aromatic N) is 2. The molecule has 0 saturated carbocycles. The minimum Gasteiger partial charge on any atom is -0.356 e. The van der Waals surface area contributed by atoms with Gasteiger partial charge in [-0.1, -0.05) is 18.2 Å². The smallest absolute Gasteiger partial charge is 0.270 e. The van der Waals surface area contributed by atoms with Gasteiger partial charge >= 0.3 is 0 Å². The third-order valence-electron chi connectivity index (χ3n) is 5.09. The normalized spacial score (nSPS) is 11.5. The maximum absolute atomic E-state index is 12.6. The SMILES string of the molecule is Cc1nc2c(C)cccn2c1C(=O)NCCCC(=O)NCCc1ccc(S(N)(=O)=O)cc1. The summed E-state index contributed by atoms with van der Waals surface area (Å²) in [5.74, 6) is -0.328. The Morgan fingerprint density at radius 1 is 1.06 bits per heavy atom. The molecule has 9 nitrogen and oxygen atoms in total. The first-order valence-electron chi connectivity index (χ1n) is 10.3. The molecule has 1 aromatic carbocycles. The number of pyridine rings is 1. The fourth-order valence-corrected chi connectivity index (χ4v) is 3.92. The van der Waals surface area contributed by atoms with Crippen molar-refractivity contribution >= 4 is 27.5 Å². The van der Waals surface area contributed by atoms with Crippen LogP contribution in [-0.4, -0.2) is 42.7 Å². The molecule has 0 bridgehead atoms. The summed E-state index contributed by atoms with van der Waals surface area (Å²) in [6.07, 6.45) is 3.18. The minimum absolute atomic E-state index is 0.0570. The predicted octanol–water partition coefficient (Wildman–Crippen LogP) is 1.47. The number of aryl methyl sites for hydroxylation is 2. The molecule has 0 aliphatic heterocycles. The van der Waals surface area contributed by atoms with Gasteiger partial charge in [-0.25, -0.2) is 18.5 Å². The first kappa shape index (κ1) is 23.4. The second kappa shape index (κ2) is 9.92. The van der Waals surface area contributed by atoms with E-state index in [0.29, 0.717) is 37.3 Å². The van der Waals surface area contributed by atoms with E-state index in [1.54, 1.807) is 23.5 Å². The molecule has 0 saturated heterocycles. The van der Waals surface area contributed by atoms with Crippen LogP contribution in [0.3, 0.4) is 0 Å². The third kappa shape index (κ3) is 5.71. The molecule has 32 heavy (non-hydrogen) atoms. The Kier molecular flexibility index (Phi) is 7.26. The number of nitrogens with two attached hydrogens (primary N) is 1. The number of benzene rings is 1. The van der Waals surface area contributed by atoms with Crippen LogP contribution in [0.15, 0.2) is 47.5 Å². The Morgan fingerprint density at radius 3 is 2.47 bits per heavy atom. The molecule has 2 heterocycles. The van der Waals surface area contributed by atoms with Gasteiger partial charge in [-0.15, -0.1) is 0 Å². The molecule has 2 amide bonds. The molecule has 0 aliphatic rings. The second-order valence-corrected chi connectivity index (χ2v) is 9.14. The van der Waals surface area contributed by atoms with Crippen LogP contribution < -0.4 is 15.8 Å². The summed E-state index contributed by atoms with van der Waals surface area (Å²) >= 11 is 0. The molecule has 170 valence electrons. The molecule has 3 rings (SSSR count). The molecule has 0 spiro atoms. The zero-order chi connectivity index (χ0) is 23.3. The fraction of sp³-hybridized carbons (Fsp3) is 0.318. The summed E-state index contributed by atoms with van der Waals surface area (Å²) in [7, 11) is -3.71. The first-order chi connectivity index (χ1) is 15.2. The number of rotatable bonds is 9. The highest BCUT2D eigenvalue weighted by atomic mass is 32.2. The molecule has 3 aromatic rings. The standard InChI is InChI=1S/C22H27N5O4S/c1-15-5-4-14-27-20(16(2)26-21(15)27)22(29)25-12-3-6-19(28)24-13-11-17-7-9-18(10-8-17)32(23,30)31/h4-5,7-10,14H,3,6,11-13H2,1-2H3,(H,24,28)(H,25,29)(H2,23,30,31). The summed E-state index contributed by atoms with van der Waals surface area (Å²) in [6.45, 7) is 4.55. The topological polar surface area (TPSA) is 136 Å². The molecular formula is C22H27N5O4S. The summed E-state index contributed by atoms with van der Waals surface area (Å²) < 4.78 is 24.3. The number of fused-ring (bicyclic) bond motifs is 1. The molecule has 0 atom stereocenters. The van der Waals surface area contributed by atoms with Gasteiger partial charge in [0, 0.05) is 25.7 Å². The van der Waals surface area contributed by atoms with E-state index in [4.69, 9.17) is 5.14 Å². The lowest BCUT2D eigenvalue weighted by atomic mass is 10.1. The van der Waals surface area contributed by atoms with Crippen LogP contribution in [0.5, 0.6) is 0 Å². The average Bonchev–Trinajstić information content (AvgIpc) is 3.08. The number of amides is 2. The Labute approximate surface area is 187 Å². The molecule has 10 heteroatoms. The second-order valence-electron chi connectivity index (χ2n) is 7.58. The molecule has 0 aliphatic carbocycles. The van der Waals surface area contributed by atoms with Gasteiger partial charge in [-0.3, -0.25) is 14.0 Å². The van der Waals surface area contributed by atoms with E-state index in [2.05, 4.69) is 15.6 Å². The van der Waals surface area contributed by atoms with Gasteiger partial charge in [-0.05, 0) is 56.0 Å². The summed E-state index contributed by atoms with van der Waals surface area (Å²) in [6, 6.07) is 10.1. The molecule has 0 fully saturated rings. The van der Waals surface area contributed by atoms with Gasteiger partial charge < -0.3 is 10.6 Å². The first-order valence-corrected chi connectivity index (χ1v) is 11.8. The van der Waals surface area contributed by atoms with Crippen LogP contribution in [-0.2, 0) is 21.2 Å². The van der Waals surface area contributed by atoms with E-state index in [-0.39, 0.29) is 23.1 Å². The number of carbonyl (C=O) groups is 2. The van der Waals surface area contributed by atoms with Crippen molar-refractivity contribution in [2.24, 2.45) is 5.14 Å². The Balaban J connectivity index is 1.40. The summed E-state index contributed by atoms with van der Waals surface area (Å²) in [4.78, 5) is 29.1. The Morgan fingerprint density at radius 2 is 1.78 bits per heavy atom.